The molecule has 4 nitrogen and oxygen atoms in total. The minimum Gasteiger partial charge on any atom is -0.311 e. The third-order valence-electron chi connectivity index (χ3n) is 4.48. The van der Waals surface area contributed by atoms with Crippen molar-refractivity contribution < 1.29 is 0 Å². The van der Waals surface area contributed by atoms with Crippen molar-refractivity contribution in [2.75, 3.05) is 11.4 Å². The van der Waals surface area contributed by atoms with Gasteiger partial charge < -0.3 is 4.90 Å². The quantitative estimate of drug-likeness (QED) is 0.850. The molecule has 0 spiro atoms. The number of benzene rings is 1. The summed E-state index contributed by atoms with van der Waals surface area (Å²) in [6.07, 6.45) is 6.52. The summed E-state index contributed by atoms with van der Waals surface area (Å²) in [6, 6.07) is 10.4. The van der Waals surface area contributed by atoms with Gasteiger partial charge >= 0.3 is 0 Å². The molecule has 0 aliphatic heterocycles. The molecule has 0 saturated heterocycles. The Morgan fingerprint density at radius 1 is 1.10 bits per heavy atom. The van der Waals surface area contributed by atoms with E-state index < -0.39 is 0 Å². The summed E-state index contributed by atoms with van der Waals surface area (Å²) in [5.41, 5.74) is 1.17. The molecule has 21 heavy (non-hydrogen) atoms. The highest BCUT2D eigenvalue weighted by molar-refractivity contribution is 5.57. The molecule has 0 atom stereocenters. The van der Waals surface area contributed by atoms with Crippen LogP contribution in [0.5, 0.6) is 0 Å². The van der Waals surface area contributed by atoms with Crippen molar-refractivity contribution in [1.82, 2.24) is 14.8 Å². The maximum Gasteiger partial charge on any atom is 0.231 e. The first-order valence-corrected chi connectivity index (χ1v) is 8.03. The molecular weight excluding hydrogens is 260 g/mol. The highest BCUT2D eigenvalue weighted by Crippen LogP contribution is 2.33. The number of anilines is 2. The van der Waals surface area contributed by atoms with Crippen molar-refractivity contribution in [3.05, 3.63) is 36.2 Å². The Bertz CT molecular complexity index is 570. The highest BCUT2D eigenvalue weighted by atomic mass is 15.4. The van der Waals surface area contributed by atoms with E-state index >= 15 is 0 Å². The SMILES string of the molecule is CCN(c1ccccc1)c1nnc(C2CCCCC2)n1C. The lowest BCUT2D eigenvalue weighted by atomic mass is 9.89. The average Bonchev–Trinajstić information content (AvgIpc) is 2.92. The minimum absolute atomic E-state index is 0.583. The van der Waals surface area contributed by atoms with Gasteiger partial charge in [0.25, 0.3) is 0 Å². The standard InChI is InChI=1S/C17H24N4/c1-3-21(15-12-8-5-9-13-15)17-19-18-16(20(17)2)14-10-6-4-7-11-14/h5,8-9,12-14H,3-4,6-7,10-11H2,1-2H3. The van der Waals surface area contributed by atoms with Crippen molar-refractivity contribution >= 4 is 11.6 Å². The first kappa shape index (κ1) is 14.1. The second-order valence-electron chi connectivity index (χ2n) is 5.83. The van der Waals surface area contributed by atoms with E-state index in [0.717, 1.165) is 18.3 Å². The highest BCUT2D eigenvalue weighted by Gasteiger charge is 2.23. The predicted octanol–water partition coefficient (Wildman–Crippen LogP) is 4.02. The molecule has 0 N–H and O–H groups in total. The second-order valence-corrected chi connectivity index (χ2v) is 5.83. The monoisotopic (exact) mass is 284 g/mol. The van der Waals surface area contributed by atoms with Crippen molar-refractivity contribution in [1.29, 1.82) is 0 Å². The summed E-state index contributed by atoms with van der Waals surface area (Å²) in [6.45, 7) is 3.04. The van der Waals surface area contributed by atoms with E-state index in [1.165, 1.54) is 37.8 Å². The molecule has 4 heteroatoms. The Balaban J connectivity index is 1.90. The van der Waals surface area contributed by atoms with Crippen molar-refractivity contribution in [3.63, 3.8) is 0 Å². The lowest BCUT2D eigenvalue weighted by Crippen LogP contribution is -2.20. The van der Waals surface area contributed by atoms with Crippen LogP contribution < -0.4 is 4.90 Å². The molecule has 1 aliphatic rings. The van der Waals surface area contributed by atoms with Gasteiger partial charge in [-0.05, 0) is 31.9 Å². The molecule has 1 aliphatic carbocycles. The topological polar surface area (TPSA) is 34.0 Å². The number of hydrogen-bond donors (Lipinski definition) is 0. The summed E-state index contributed by atoms with van der Waals surface area (Å²) < 4.78 is 2.19. The van der Waals surface area contributed by atoms with Crippen LogP contribution in [-0.4, -0.2) is 21.3 Å². The van der Waals surface area contributed by atoms with Crippen LogP contribution in [0.4, 0.5) is 11.6 Å². The molecule has 0 bridgehead atoms. The summed E-state index contributed by atoms with van der Waals surface area (Å²) in [4.78, 5) is 2.22. The van der Waals surface area contributed by atoms with Crippen molar-refractivity contribution in [2.24, 2.45) is 7.05 Å². The first-order valence-electron chi connectivity index (χ1n) is 8.03. The predicted molar refractivity (Wildman–Crippen MR) is 86.0 cm³/mol. The fraction of sp³-hybridized carbons (Fsp3) is 0.529. The molecule has 0 radical (unpaired) electrons. The maximum absolute atomic E-state index is 4.51. The van der Waals surface area contributed by atoms with Gasteiger partial charge in [-0.3, -0.25) is 4.57 Å². The maximum atomic E-state index is 4.51. The van der Waals surface area contributed by atoms with Crippen molar-refractivity contribution in [3.8, 4) is 0 Å². The minimum atomic E-state index is 0.583. The molecule has 1 fully saturated rings. The number of para-hydroxylation sites is 1. The largest absolute Gasteiger partial charge is 0.311 e. The molecule has 1 heterocycles. The number of nitrogens with zero attached hydrogens (tertiary/aromatic N) is 4. The van der Waals surface area contributed by atoms with Crippen LogP contribution in [0.3, 0.4) is 0 Å². The molecule has 2 aromatic rings. The van der Waals surface area contributed by atoms with Gasteiger partial charge in [-0.1, -0.05) is 37.5 Å². The number of rotatable bonds is 4. The van der Waals surface area contributed by atoms with E-state index in [9.17, 15) is 0 Å². The Morgan fingerprint density at radius 2 is 1.81 bits per heavy atom. The molecule has 3 rings (SSSR count). The fourth-order valence-corrected chi connectivity index (χ4v) is 3.33. The molecule has 0 unspecified atom stereocenters. The normalized spacial score (nSPS) is 16.1. The summed E-state index contributed by atoms with van der Waals surface area (Å²) in [5, 5.41) is 8.98. The van der Waals surface area contributed by atoms with Crippen molar-refractivity contribution in [2.45, 2.75) is 44.9 Å². The smallest absolute Gasteiger partial charge is 0.231 e. The van der Waals surface area contributed by atoms with Gasteiger partial charge in [-0.25, -0.2) is 0 Å². The summed E-state index contributed by atoms with van der Waals surface area (Å²) >= 11 is 0. The van der Waals surface area contributed by atoms with E-state index in [1.54, 1.807) is 0 Å². The van der Waals surface area contributed by atoms with Crippen LogP contribution in [0.15, 0.2) is 30.3 Å². The van der Waals surface area contributed by atoms with E-state index in [4.69, 9.17) is 0 Å². The summed E-state index contributed by atoms with van der Waals surface area (Å²) in [5.74, 6) is 2.68. The van der Waals surface area contributed by atoms with Crippen LogP contribution in [0, 0.1) is 0 Å². The zero-order chi connectivity index (χ0) is 14.7. The van der Waals surface area contributed by atoms with E-state index in [2.05, 4.69) is 57.9 Å². The second kappa shape index (κ2) is 6.29. The van der Waals surface area contributed by atoms with Gasteiger partial charge in [-0.2, -0.15) is 0 Å². The molecule has 1 saturated carbocycles. The number of aromatic nitrogens is 3. The van der Waals surface area contributed by atoms with E-state index in [1.807, 2.05) is 6.07 Å². The van der Waals surface area contributed by atoms with Crippen LogP contribution in [0.2, 0.25) is 0 Å². The zero-order valence-corrected chi connectivity index (χ0v) is 13.0. The lowest BCUT2D eigenvalue weighted by molar-refractivity contribution is 0.420. The average molecular weight is 284 g/mol. The van der Waals surface area contributed by atoms with Gasteiger partial charge in [0.2, 0.25) is 5.95 Å². The van der Waals surface area contributed by atoms with Crippen LogP contribution in [-0.2, 0) is 7.05 Å². The van der Waals surface area contributed by atoms with Crippen LogP contribution >= 0.6 is 0 Å². The number of hydrogen-bond acceptors (Lipinski definition) is 3. The Kier molecular flexibility index (Phi) is 4.23. The van der Waals surface area contributed by atoms with E-state index in [-0.39, 0.29) is 0 Å². The zero-order valence-electron chi connectivity index (χ0n) is 13.0. The van der Waals surface area contributed by atoms with Gasteiger partial charge in [0, 0.05) is 25.2 Å². The molecule has 1 aromatic heterocycles. The molecule has 0 amide bonds. The first-order chi connectivity index (χ1) is 10.3. The summed E-state index contributed by atoms with van der Waals surface area (Å²) in [7, 11) is 2.10. The molecular formula is C17H24N4. The van der Waals surface area contributed by atoms with Gasteiger partial charge in [0.1, 0.15) is 5.82 Å². The lowest BCUT2D eigenvalue weighted by Gasteiger charge is -2.24. The van der Waals surface area contributed by atoms with Gasteiger partial charge in [-0.15, -0.1) is 10.2 Å². The fourth-order valence-electron chi connectivity index (χ4n) is 3.33. The Morgan fingerprint density at radius 3 is 2.48 bits per heavy atom. The van der Waals surface area contributed by atoms with Gasteiger partial charge in [0.05, 0.1) is 0 Å². The van der Waals surface area contributed by atoms with E-state index in [0.29, 0.717) is 5.92 Å². The molecule has 1 aromatic carbocycles. The van der Waals surface area contributed by atoms with Crippen LogP contribution in [0.1, 0.15) is 50.8 Å². The third-order valence-corrected chi connectivity index (χ3v) is 4.48. The van der Waals surface area contributed by atoms with Crippen LogP contribution in [0.25, 0.3) is 0 Å². The Hall–Kier alpha value is -1.84. The Labute approximate surface area is 126 Å². The van der Waals surface area contributed by atoms with Gasteiger partial charge in [0.15, 0.2) is 0 Å². The molecule has 112 valence electrons. The third kappa shape index (κ3) is 2.80.